The third kappa shape index (κ3) is 2.95. The van der Waals surface area contributed by atoms with Gasteiger partial charge in [-0.1, -0.05) is 12.2 Å². The zero-order valence-electron chi connectivity index (χ0n) is 12.2. The molecule has 1 aliphatic carbocycles. The number of hydrogen-bond acceptors (Lipinski definition) is 6. The molecular weight excluding hydrogens is 264 g/mol. The minimum absolute atomic E-state index is 0.00124. The molecule has 0 N–H and O–H groups in total. The number of methoxy groups -OCH3 is 1. The van der Waals surface area contributed by atoms with E-state index in [0.29, 0.717) is 0 Å². The molecule has 2 aliphatic rings. The summed E-state index contributed by atoms with van der Waals surface area (Å²) in [7, 11) is 1.30. The maximum atomic E-state index is 12.0. The topological polar surface area (TPSA) is 74.4 Å². The lowest BCUT2D eigenvalue weighted by Crippen LogP contribution is -2.43. The molecule has 0 radical (unpaired) electrons. The van der Waals surface area contributed by atoms with Crippen molar-refractivity contribution < 1.29 is 28.5 Å². The quantitative estimate of drug-likeness (QED) is 0.447. The van der Waals surface area contributed by atoms with Crippen LogP contribution in [0.5, 0.6) is 0 Å². The van der Waals surface area contributed by atoms with E-state index in [9.17, 15) is 9.59 Å². The molecule has 2 rings (SSSR count). The molecule has 0 bridgehead atoms. The van der Waals surface area contributed by atoms with E-state index in [4.69, 9.17) is 18.9 Å². The molecule has 0 aromatic carbocycles. The first kappa shape index (κ1) is 14.8. The molecule has 0 aromatic heterocycles. The Hall–Kier alpha value is -1.56. The van der Waals surface area contributed by atoms with Crippen LogP contribution in [-0.4, -0.2) is 43.7 Å². The SMILES string of the molecule is COC(=O)[C@@]1(COC(=O)OC(C)(C)C)C=CC[C@H]2O[C@H]21. The monoisotopic (exact) mass is 284 g/mol. The number of carbonyl (C=O) groups excluding carboxylic acids is 2. The smallest absolute Gasteiger partial charge is 0.468 e. The van der Waals surface area contributed by atoms with E-state index in [2.05, 4.69) is 0 Å². The van der Waals surface area contributed by atoms with Crippen molar-refractivity contribution in [2.24, 2.45) is 5.41 Å². The van der Waals surface area contributed by atoms with E-state index in [0.717, 1.165) is 6.42 Å². The van der Waals surface area contributed by atoms with Crippen LogP contribution in [0.3, 0.4) is 0 Å². The van der Waals surface area contributed by atoms with E-state index >= 15 is 0 Å². The van der Waals surface area contributed by atoms with Gasteiger partial charge >= 0.3 is 12.1 Å². The molecule has 6 heteroatoms. The Bertz CT molecular complexity index is 435. The van der Waals surface area contributed by atoms with Gasteiger partial charge in [0, 0.05) is 0 Å². The van der Waals surface area contributed by atoms with Gasteiger partial charge in [-0.15, -0.1) is 0 Å². The van der Waals surface area contributed by atoms with E-state index in [1.807, 2.05) is 6.08 Å². The summed E-state index contributed by atoms with van der Waals surface area (Å²) in [4.78, 5) is 23.7. The second kappa shape index (κ2) is 5.09. The first-order chi connectivity index (χ1) is 9.28. The molecule has 20 heavy (non-hydrogen) atoms. The van der Waals surface area contributed by atoms with Crippen LogP contribution in [0.15, 0.2) is 12.2 Å². The highest BCUT2D eigenvalue weighted by molar-refractivity contribution is 5.81. The summed E-state index contributed by atoms with van der Waals surface area (Å²) >= 11 is 0. The summed E-state index contributed by atoms with van der Waals surface area (Å²) in [5, 5.41) is 0. The molecule has 1 fully saturated rings. The van der Waals surface area contributed by atoms with Gasteiger partial charge in [0.05, 0.1) is 13.2 Å². The van der Waals surface area contributed by atoms with Crippen LogP contribution in [0.25, 0.3) is 0 Å². The maximum Gasteiger partial charge on any atom is 0.508 e. The third-order valence-electron chi connectivity index (χ3n) is 3.26. The van der Waals surface area contributed by atoms with Crippen molar-refractivity contribution in [3.8, 4) is 0 Å². The normalized spacial score (nSPS) is 31.2. The Morgan fingerprint density at radius 2 is 2.10 bits per heavy atom. The van der Waals surface area contributed by atoms with E-state index in [1.165, 1.54) is 7.11 Å². The average Bonchev–Trinajstić information content (AvgIpc) is 3.13. The highest BCUT2D eigenvalue weighted by Crippen LogP contribution is 2.46. The summed E-state index contributed by atoms with van der Waals surface area (Å²) in [5.41, 5.74) is -1.70. The number of hydrogen-bond donors (Lipinski definition) is 0. The van der Waals surface area contributed by atoms with Gasteiger partial charge in [0.1, 0.15) is 23.7 Å². The predicted octanol–water partition coefficient (Wildman–Crippen LogP) is 1.82. The molecular formula is C14H20O6. The molecule has 112 valence electrons. The van der Waals surface area contributed by atoms with Crippen molar-refractivity contribution in [3.05, 3.63) is 12.2 Å². The van der Waals surface area contributed by atoms with Crippen molar-refractivity contribution >= 4 is 12.1 Å². The van der Waals surface area contributed by atoms with E-state index in [-0.39, 0.29) is 18.8 Å². The van der Waals surface area contributed by atoms with Crippen LogP contribution in [0, 0.1) is 5.41 Å². The first-order valence-electron chi connectivity index (χ1n) is 6.56. The molecule has 0 saturated carbocycles. The number of carbonyl (C=O) groups is 2. The molecule has 0 aromatic rings. The number of rotatable bonds is 3. The molecule has 6 nitrogen and oxygen atoms in total. The van der Waals surface area contributed by atoms with Gasteiger partial charge in [0.25, 0.3) is 0 Å². The van der Waals surface area contributed by atoms with Crippen molar-refractivity contribution in [1.82, 2.24) is 0 Å². The Balaban J connectivity index is 2.03. The van der Waals surface area contributed by atoms with Gasteiger partial charge in [-0.3, -0.25) is 4.79 Å². The fourth-order valence-electron chi connectivity index (χ4n) is 2.30. The van der Waals surface area contributed by atoms with Crippen molar-refractivity contribution in [3.63, 3.8) is 0 Å². The zero-order chi connectivity index (χ0) is 15.0. The van der Waals surface area contributed by atoms with Crippen LogP contribution in [-0.2, 0) is 23.7 Å². The highest BCUT2D eigenvalue weighted by atomic mass is 16.7. The number of epoxide rings is 1. The molecule has 3 atom stereocenters. The van der Waals surface area contributed by atoms with Gasteiger partial charge < -0.3 is 18.9 Å². The van der Waals surface area contributed by atoms with Gasteiger partial charge in [-0.25, -0.2) is 4.79 Å². The number of ether oxygens (including phenoxy) is 4. The summed E-state index contributed by atoms with van der Waals surface area (Å²) in [6, 6.07) is 0. The number of esters is 1. The molecule has 1 heterocycles. The Labute approximate surface area is 118 Å². The summed E-state index contributed by atoms with van der Waals surface area (Å²) < 4.78 is 20.4. The largest absolute Gasteiger partial charge is 0.508 e. The lowest BCUT2D eigenvalue weighted by molar-refractivity contribution is -0.153. The fourth-order valence-corrected chi connectivity index (χ4v) is 2.30. The Morgan fingerprint density at radius 3 is 2.70 bits per heavy atom. The van der Waals surface area contributed by atoms with Crippen LogP contribution < -0.4 is 0 Å². The minimum atomic E-state index is -1.06. The molecule has 1 aliphatic heterocycles. The number of fused-ring (bicyclic) bond motifs is 1. The minimum Gasteiger partial charge on any atom is -0.468 e. The molecule has 0 amide bonds. The van der Waals surface area contributed by atoms with Gasteiger partial charge in [0.15, 0.2) is 0 Å². The van der Waals surface area contributed by atoms with Gasteiger partial charge in [-0.2, -0.15) is 0 Å². The maximum absolute atomic E-state index is 12.0. The fraction of sp³-hybridized carbons (Fsp3) is 0.714. The average molecular weight is 284 g/mol. The third-order valence-corrected chi connectivity index (χ3v) is 3.26. The van der Waals surface area contributed by atoms with Crippen molar-refractivity contribution in [2.75, 3.05) is 13.7 Å². The lowest BCUT2D eigenvalue weighted by atomic mass is 9.79. The summed E-state index contributed by atoms with van der Waals surface area (Å²) in [5.74, 6) is -0.468. The molecule has 0 unspecified atom stereocenters. The van der Waals surface area contributed by atoms with E-state index < -0.39 is 23.1 Å². The summed E-state index contributed by atoms with van der Waals surface area (Å²) in [6.45, 7) is 5.08. The van der Waals surface area contributed by atoms with Crippen molar-refractivity contribution in [1.29, 1.82) is 0 Å². The lowest BCUT2D eigenvalue weighted by Gasteiger charge is -2.28. The second-order valence-corrected chi connectivity index (χ2v) is 6.02. The van der Waals surface area contributed by atoms with Crippen LogP contribution >= 0.6 is 0 Å². The second-order valence-electron chi connectivity index (χ2n) is 6.02. The van der Waals surface area contributed by atoms with E-state index in [1.54, 1.807) is 26.8 Å². The van der Waals surface area contributed by atoms with Gasteiger partial charge in [-0.05, 0) is 27.2 Å². The van der Waals surface area contributed by atoms with Crippen LogP contribution in [0.1, 0.15) is 27.2 Å². The molecule has 1 saturated heterocycles. The van der Waals surface area contributed by atoms with Crippen LogP contribution in [0.2, 0.25) is 0 Å². The van der Waals surface area contributed by atoms with Crippen molar-refractivity contribution in [2.45, 2.75) is 45.0 Å². The predicted molar refractivity (Wildman–Crippen MR) is 69.1 cm³/mol. The zero-order valence-corrected chi connectivity index (χ0v) is 12.2. The Kier molecular flexibility index (Phi) is 3.77. The van der Waals surface area contributed by atoms with Gasteiger partial charge in [0.2, 0.25) is 0 Å². The summed E-state index contributed by atoms with van der Waals surface area (Å²) in [6.07, 6.45) is 3.22. The highest BCUT2D eigenvalue weighted by Gasteiger charge is 2.60. The first-order valence-corrected chi connectivity index (χ1v) is 6.56. The van der Waals surface area contributed by atoms with Crippen LogP contribution in [0.4, 0.5) is 4.79 Å². The standard InChI is InChI=1S/C14H20O6/c1-13(2,3)20-12(16)18-8-14(11(15)17-4)7-5-6-9-10(14)19-9/h5,7,9-10H,6,8H2,1-4H3/t9-,10-,14-/m1/s1. The molecule has 0 spiro atoms. The Morgan fingerprint density at radius 1 is 1.40 bits per heavy atom.